The first-order valence-corrected chi connectivity index (χ1v) is 5.62. The first kappa shape index (κ1) is 12.9. The lowest BCUT2D eigenvalue weighted by atomic mass is 10.3. The minimum atomic E-state index is -3.66. The number of ether oxygens (including phenoxy) is 2. The topological polar surface area (TPSA) is 86.7 Å². The van der Waals surface area contributed by atoms with E-state index in [9.17, 15) is 18.0 Å². The SMILES string of the molecule is COC(=O)CC(C(=O)OC)S(C)(=O)=O. The maximum Gasteiger partial charge on any atom is 0.324 e. The van der Waals surface area contributed by atoms with Crippen LogP contribution in [0.5, 0.6) is 0 Å². The van der Waals surface area contributed by atoms with Crippen LogP contribution in [0.4, 0.5) is 0 Å². The summed E-state index contributed by atoms with van der Waals surface area (Å²) in [4.78, 5) is 21.8. The van der Waals surface area contributed by atoms with Gasteiger partial charge in [-0.1, -0.05) is 0 Å². The van der Waals surface area contributed by atoms with Crippen LogP contribution < -0.4 is 0 Å². The molecule has 14 heavy (non-hydrogen) atoms. The zero-order valence-corrected chi connectivity index (χ0v) is 8.96. The van der Waals surface area contributed by atoms with Crippen molar-refractivity contribution in [1.82, 2.24) is 0 Å². The summed E-state index contributed by atoms with van der Waals surface area (Å²) in [5, 5.41) is -1.49. The number of methoxy groups -OCH3 is 2. The molecule has 0 saturated heterocycles. The van der Waals surface area contributed by atoms with Gasteiger partial charge in [0.2, 0.25) is 0 Å². The molecule has 0 aromatic rings. The molecule has 0 aliphatic rings. The van der Waals surface area contributed by atoms with Crippen LogP contribution in [-0.2, 0) is 28.9 Å². The molecular weight excluding hydrogens is 212 g/mol. The summed E-state index contributed by atoms with van der Waals surface area (Å²) in [7, 11) is -1.49. The fourth-order valence-corrected chi connectivity index (χ4v) is 1.66. The van der Waals surface area contributed by atoms with Gasteiger partial charge in [0.05, 0.1) is 20.6 Å². The van der Waals surface area contributed by atoms with Gasteiger partial charge in [-0.05, 0) is 0 Å². The summed E-state index contributed by atoms with van der Waals surface area (Å²) in [5.74, 6) is -1.73. The van der Waals surface area contributed by atoms with Crippen molar-refractivity contribution < 1.29 is 27.5 Å². The molecule has 0 bridgehead atoms. The molecule has 0 rings (SSSR count). The lowest BCUT2D eigenvalue weighted by Gasteiger charge is -2.10. The predicted octanol–water partition coefficient (Wildman–Crippen LogP) is -0.864. The number of hydrogen-bond donors (Lipinski definition) is 0. The molecule has 0 N–H and O–H groups in total. The maximum atomic E-state index is 11.1. The smallest absolute Gasteiger partial charge is 0.324 e. The number of carbonyl (C=O) groups is 2. The van der Waals surface area contributed by atoms with E-state index in [-0.39, 0.29) is 0 Å². The standard InChI is InChI=1S/C7H12O6S/c1-12-6(8)4-5(7(9)13-2)14(3,10)11/h5H,4H2,1-3H3. The minimum Gasteiger partial charge on any atom is -0.469 e. The molecule has 0 amide bonds. The lowest BCUT2D eigenvalue weighted by molar-refractivity contribution is -0.146. The van der Waals surface area contributed by atoms with Gasteiger partial charge in [-0.3, -0.25) is 9.59 Å². The Morgan fingerprint density at radius 2 is 1.71 bits per heavy atom. The molecule has 0 heterocycles. The first-order chi connectivity index (χ1) is 6.32. The van der Waals surface area contributed by atoms with E-state index in [0.717, 1.165) is 20.5 Å². The van der Waals surface area contributed by atoms with Crippen LogP contribution in [0.2, 0.25) is 0 Å². The van der Waals surface area contributed by atoms with E-state index in [0.29, 0.717) is 0 Å². The van der Waals surface area contributed by atoms with Crippen molar-refractivity contribution in [2.24, 2.45) is 0 Å². The van der Waals surface area contributed by atoms with Crippen molar-refractivity contribution >= 4 is 21.8 Å². The van der Waals surface area contributed by atoms with Gasteiger partial charge in [0, 0.05) is 6.26 Å². The van der Waals surface area contributed by atoms with Gasteiger partial charge < -0.3 is 9.47 Å². The Balaban J connectivity index is 4.76. The molecular formula is C7H12O6S. The summed E-state index contributed by atoms with van der Waals surface area (Å²) in [6.07, 6.45) is 0.333. The Morgan fingerprint density at radius 3 is 2.00 bits per heavy atom. The molecule has 0 radical (unpaired) electrons. The second-order valence-electron chi connectivity index (χ2n) is 2.62. The van der Waals surface area contributed by atoms with Gasteiger partial charge >= 0.3 is 11.9 Å². The monoisotopic (exact) mass is 224 g/mol. The van der Waals surface area contributed by atoms with Gasteiger partial charge in [-0.2, -0.15) is 0 Å². The molecule has 7 heteroatoms. The van der Waals surface area contributed by atoms with E-state index >= 15 is 0 Å². The molecule has 1 atom stereocenters. The Bertz CT molecular complexity index is 317. The van der Waals surface area contributed by atoms with E-state index in [4.69, 9.17) is 0 Å². The van der Waals surface area contributed by atoms with Gasteiger partial charge in [-0.15, -0.1) is 0 Å². The van der Waals surface area contributed by atoms with Crippen LogP contribution >= 0.6 is 0 Å². The molecule has 0 saturated carbocycles. The highest BCUT2D eigenvalue weighted by Crippen LogP contribution is 2.07. The third-order valence-corrected chi connectivity index (χ3v) is 2.95. The number of sulfone groups is 1. The molecule has 6 nitrogen and oxygen atoms in total. The zero-order chi connectivity index (χ0) is 11.4. The van der Waals surface area contributed by atoms with Crippen molar-refractivity contribution in [1.29, 1.82) is 0 Å². The normalized spacial score (nSPS) is 13.1. The molecule has 0 fully saturated rings. The molecule has 0 spiro atoms. The summed E-state index contributed by atoms with van der Waals surface area (Å²) < 4.78 is 30.7. The van der Waals surface area contributed by atoms with Gasteiger partial charge in [0.25, 0.3) is 0 Å². The van der Waals surface area contributed by atoms with E-state index in [1.54, 1.807) is 0 Å². The number of hydrogen-bond acceptors (Lipinski definition) is 6. The summed E-state index contributed by atoms with van der Waals surface area (Å²) in [6.45, 7) is 0. The maximum absolute atomic E-state index is 11.1. The van der Waals surface area contributed by atoms with Crippen molar-refractivity contribution in [2.45, 2.75) is 11.7 Å². The lowest BCUT2D eigenvalue weighted by Crippen LogP contribution is -2.33. The van der Waals surface area contributed by atoms with Crippen molar-refractivity contribution in [3.05, 3.63) is 0 Å². The van der Waals surface area contributed by atoms with E-state index in [1.807, 2.05) is 0 Å². The molecule has 0 aliphatic carbocycles. The fourth-order valence-electron chi connectivity index (χ4n) is 0.776. The Kier molecular flexibility index (Phi) is 4.55. The van der Waals surface area contributed by atoms with Crippen LogP contribution in [0.25, 0.3) is 0 Å². The highest BCUT2D eigenvalue weighted by Gasteiger charge is 2.32. The van der Waals surface area contributed by atoms with Gasteiger partial charge in [-0.25, -0.2) is 8.42 Å². The van der Waals surface area contributed by atoms with Crippen molar-refractivity contribution in [3.63, 3.8) is 0 Å². The Morgan fingerprint density at radius 1 is 1.21 bits per heavy atom. The van der Waals surface area contributed by atoms with Gasteiger partial charge in [0.1, 0.15) is 0 Å². The predicted molar refractivity (Wildman–Crippen MR) is 47.3 cm³/mol. The van der Waals surface area contributed by atoms with Crippen LogP contribution in [0.3, 0.4) is 0 Å². The summed E-state index contributed by atoms with van der Waals surface area (Å²) >= 11 is 0. The average molecular weight is 224 g/mol. The third-order valence-electron chi connectivity index (χ3n) is 1.56. The van der Waals surface area contributed by atoms with E-state index in [1.165, 1.54) is 0 Å². The zero-order valence-electron chi connectivity index (χ0n) is 8.14. The van der Waals surface area contributed by atoms with Crippen LogP contribution in [-0.4, -0.2) is 46.1 Å². The number of esters is 2. The van der Waals surface area contributed by atoms with Crippen LogP contribution in [0.15, 0.2) is 0 Å². The van der Waals surface area contributed by atoms with Crippen molar-refractivity contribution in [3.8, 4) is 0 Å². The Labute approximate surface area is 82.1 Å². The quantitative estimate of drug-likeness (QED) is 0.577. The van der Waals surface area contributed by atoms with Gasteiger partial charge in [0.15, 0.2) is 15.1 Å². The largest absolute Gasteiger partial charge is 0.469 e. The molecule has 0 aromatic carbocycles. The van der Waals surface area contributed by atoms with E-state index < -0.39 is 33.4 Å². The third kappa shape index (κ3) is 3.73. The first-order valence-electron chi connectivity index (χ1n) is 3.66. The molecule has 1 unspecified atom stereocenters. The van der Waals surface area contributed by atoms with Crippen LogP contribution in [0.1, 0.15) is 6.42 Å². The van der Waals surface area contributed by atoms with E-state index in [2.05, 4.69) is 9.47 Å². The highest BCUT2D eigenvalue weighted by molar-refractivity contribution is 7.92. The number of rotatable bonds is 4. The highest BCUT2D eigenvalue weighted by atomic mass is 32.2. The summed E-state index contributed by atoms with van der Waals surface area (Å²) in [5.41, 5.74) is 0. The summed E-state index contributed by atoms with van der Waals surface area (Å²) in [6, 6.07) is 0. The van der Waals surface area contributed by atoms with Crippen molar-refractivity contribution in [2.75, 3.05) is 20.5 Å². The minimum absolute atomic E-state index is 0.526. The molecule has 0 aromatic heterocycles. The second kappa shape index (κ2) is 4.94. The van der Waals surface area contributed by atoms with Crippen LogP contribution in [0, 0.1) is 0 Å². The average Bonchev–Trinajstić information content (AvgIpc) is 2.10. The Hall–Kier alpha value is -1.11. The fraction of sp³-hybridized carbons (Fsp3) is 0.714. The molecule has 0 aliphatic heterocycles. The second-order valence-corrected chi connectivity index (χ2v) is 4.85. The molecule has 82 valence electrons. The number of carbonyl (C=O) groups excluding carboxylic acids is 2.